The van der Waals surface area contributed by atoms with Gasteiger partial charge in [-0.05, 0) is 30.5 Å². The second-order valence-corrected chi connectivity index (χ2v) is 6.17. The van der Waals surface area contributed by atoms with Crippen LogP contribution < -0.4 is 10.5 Å². The number of nitrogens with one attached hydrogen (secondary N) is 1. The van der Waals surface area contributed by atoms with Crippen molar-refractivity contribution < 1.29 is 26.0 Å². The molecule has 3 N–H and O–H groups in total. The molecular weight excluding hydrogens is 312 g/mol. The lowest BCUT2D eigenvalue weighted by atomic mass is 10.2. The molecule has 0 atom stereocenters. The summed E-state index contributed by atoms with van der Waals surface area (Å²) in [4.78, 5) is -0.554. The monoisotopic (exact) mass is 328 g/mol. The molecule has 0 fully saturated rings. The van der Waals surface area contributed by atoms with Gasteiger partial charge >= 0.3 is 6.18 Å². The number of alkyl halides is 3. The van der Waals surface area contributed by atoms with Gasteiger partial charge < -0.3 is 5.73 Å². The molecule has 0 unspecified atom stereocenters. The topological polar surface area (TPSA) is 72.2 Å². The van der Waals surface area contributed by atoms with Crippen molar-refractivity contribution in [1.29, 1.82) is 0 Å². The van der Waals surface area contributed by atoms with Crippen molar-refractivity contribution in [3.8, 4) is 0 Å². The van der Waals surface area contributed by atoms with Gasteiger partial charge in [-0.3, -0.25) is 0 Å². The van der Waals surface area contributed by atoms with Crippen LogP contribution in [0.15, 0.2) is 23.1 Å². The first-order valence-electron chi connectivity index (χ1n) is 6.20. The molecule has 1 aromatic rings. The highest BCUT2D eigenvalue weighted by Gasteiger charge is 2.26. The van der Waals surface area contributed by atoms with Gasteiger partial charge in [0.05, 0.1) is 0 Å². The maximum Gasteiger partial charge on any atom is 0.389 e. The molecule has 0 heterocycles. The average Bonchev–Trinajstić information content (AvgIpc) is 2.37. The van der Waals surface area contributed by atoms with Crippen LogP contribution in [0.2, 0.25) is 0 Å². The highest BCUT2D eigenvalue weighted by molar-refractivity contribution is 7.89. The van der Waals surface area contributed by atoms with Crippen LogP contribution in [0.5, 0.6) is 0 Å². The van der Waals surface area contributed by atoms with Crippen molar-refractivity contribution in [3.63, 3.8) is 0 Å². The maximum absolute atomic E-state index is 13.5. The molecule has 0 aliphatic rings. The Bertz CT molecular complexity index is 573. The van der Waals surface area contributed by atoms with E-state index in [1.54, 1.807) is 0 Å². The van der Waals surface area contributed by atoms with E-state index in [1.165, 1.54) is 6.07 Å². The van der Waals surface area contributed by atoms with Crippen molar-refractivity contribution in [3.05, 3.63) is 29.6 Å². The minimum Gasteiger partial charge on any atom is -0.326 e. The molecule has 0 radical (unpaired) electrons. The van der Waals surface area contributed by atoms with Gasteiger partial charge in [0, 0.05) is 19.5 Å². The van der Waals surface area contributed by atoms with Crippen molar-refractivity contribution in [1.82, 2.24) is 4.72 Å². The van der Waals surface area contributed by atoms with Crippen molar-refractivity contribution in [2.45, 2.75) is 36.9 Å². The zero-order chi connectivity index (χ0) is 16.1. The lowest BCUT2D eigenvalue weighted by Crippen LogP contribution is -2.26. The summed E-state index contributed by atoms with van der Waals surface area (Å²) in [6, 6.07) is 3.45. The van der Waals surface area contributed by atoms with Gasteiger partial charge in [-0.2, -0.15) is 13.2 Å². The van der Waals surface area contributed by atoms with E-state index in [-0.39, 0.29) is 25.9 Å². The third kappa shape index (κ3) is 5.98. The summed E-state index contributed by atoms with van der Waals surface area (Å²) >= 11 is 0. The van der Waals surface area contributed by atoms with E-state index in [2.05, 4.69) is 4.72 Å². The Morgan fingerprint density at radius 1 is 1.19 bits per heavy atom. The summed E-state index contributed by atoms with van der Waals surface area (Å²) in [5, 5.41) is 0. The van der Waals surface area contributed by atoms with Crippen LogP contribution in [-0.4, -0.2) is 21.1 Å². The number of hydrogen-bond acceptors (Lipinski definition) is 3. The van der Waals surface area contributed by atoms with Gasteiger partial charge in [-0.25, -0.2) is 17.5 Å². The van der Waals surface area contributed by atoms with Crippen LogP contribution in [0, 0.1) is 5.82 Å². The van der Waals surface area contributed by atoms with E-state index in [4.69, 9.17) is 5.73 Å². The Morgan fingerprint density at radius 3 is 2.43 bits per heavy atom. The van der Waals surface area contributed by atoms with Gasteiger partial charge in [0.25, 0.3) is 0 Å². The quantitative estimate of drug-likeness (QED) is 0.596. The number of rotatable bonds is 7. The van der Waals surface area contributed by atoms with Crippen LogP contribution in [0.25, 0.3) is 0 Å². The number of unbranched alkanes of at least 4 members (excludes halogenated alkanes) is 1. The van der Waals surface area contributed by atoms with Crippen LogP contribution in [0.3, 0.4) is 0 Å². The molecule has 0 amide bonds. The minimum absolute atomic E-state index is 0.0109. The molecule has 0 aliphatic heterocycles. The first-order valence-corrected chi connectivity index (χ1v) is 7.69. The molecule has 0 bridgehead atoms. The Labute approximate surface area is 120 Å². The summed E-state index contributed by atoms with van der Waals surface area (Å²) in [5.41, 5.74) is 5.79. The summed E-state index contributed by atoms with van der Waals surface area (Å²) in [5.74, 6) is -0.935. The third-order valence-electron chi connectivity index (χ3n) is 2.70. The molecule has 1 rings (SSSR count). The Morgan fingerprint density at radius 2 is 1.86 bits per heavy atom. The number of sulfonamides is 1. The average molecular weight is 328 g/mol. The summed E-state index contributed by atoms with van der Waals surface area (Å²) in [6.45, 7) is -0.140. The molecule has 4 nitrogen and oxygen atoms in total. The van der Waals surface area contributed by atoms with Crippen LogP contribution in [-0.2, 0) is 16.6 Å². The van der Waals surface area contributed by atoms with Gasteiger partial charge in [-0.1, -0.05) is 6.07 Å². The standard InChI is InChI=1S/C12H16F4N2O2S/c13-10-4-3-9(8-17)7-11(10)21(19,20)18-6-2-1-5-12(14,15)16/h3-4,7,18H,1-2,5-6,8,17H2. The number of hydrogen-bond donors (Lipinski definition) is 2. The first kappa shape index (κ1) is 17.9. The highest BCUT2D eigenvalue weighted by Crippen LogP contribution is 2.22. The number of benzene rings is 1. The van der Waals surface area contributed by atoms with E-state index < -0.39 is 33.3 Å². The number of nitrogens with two attached hydrogens (primary N) is 1. The zero-order valence-corrected chi connectivity index (χ0v) is 11.9. The fraction of sp³-hybridized carbons (Fsp3) is 0.500. The Kier molecular flexibility index (Phi) is 6.11. The van der Waals surface area contributed by atoms with E-state index in [0.29, 0.717) is 5.56 Å². The van der Waals surface area contributed by atoms with E-state index >= 15 is 0 Å². The molecule has 21 heavy (non-hydrogen) atoms. The molecule has 1 aromatic carbocycles. The molecular formula is C12H16F4N2O2S. The predicted octanol–water partition coefficient (Wildman–Crippen LogP) is 2.30. The third-order valence-corrected chi connectivity index (χ3v) is 4.18. The fourth-order valence-electron chi connectivity index (χ4n) is 1.62. The van der Waals surface area contributed by atoms with Crippen molar-refractivity contribution in [2.24, 2.45) is 5.73 Å². The van der Waals surface area contributed by atoms with Gasteiger partial charge in [-0.15, -0.1) is 0 Å². The van der Waals surface area contributed by atoms with Crippen LogP contribution in [0.1, 0.15) is 24.8 Å². The normalized spacial score (nSPS) is 12.6. The Balaban J connectivity index is 2.62. The van der Waals surface area contributed by atoms with Crippen molar-refractivity contribution >= 4 is 10.0 Å². The van der Waals surface area contributed by atoms with Gasteiger partial charge in [0.1, 0.15) is 10.7 Å². The summed E-state index contributed by atoms with van der Waals surface area (Å²) in [7, 11) is -4.10. The highest BCUT2D eigenvalue weighted by atomic mass is 32.2. The molecule has 0 aliphatic carbocycles. The SMILES string of the molecule is NCc1ccc(F)c(S(=O)(=O)NCCCCC(F)(F)F)c1. The molecule has 0 saturated carbocycles. The maximum atomic E-state index is 13.5. The summed E-state index contributed by atoms with van der Waals surface area (Å²) in [6.07, 6.45) is -5.43. The van der Waals surface area contributed by atoms with E-state index in [1.807, 2.05) is 0 Å². The largest absolute Gasteiger partial charge is 0.389 e. The molecule has 120 valence electrons. The minimum atomic E-state index is -4.26. The molecule has 0 aromatic heterocycles. The first-order chi connectivity index (χ1) is 9.65. The van der Waals surface area contributed by atoms with E-state index in [0.717, 1.165) is 12.1 Å². The fourth-order valence-corrected chi connectivity index (χ4v) is 2.82. The van der Waals surface area contributed by atoms with Crippen LogP contribution in [0.4, 0.5) is 17.6 Å². The van der Waals surface area contributed by atoms with Crippen LogP contribution >= 0.6 is 0 Å². The predicted molar refractivity (Wildman–Crippen MR) is 69.4 cm³/mol. The van der Waals surface area contributed by atoms with E-state index in [9.17, 15) is 26.0 Å². The lowest BCUT2D eigenvalue weighted by Gasteiger charge is -2.09. The zero-order valence-electron chi connectivity index (χ0n) is 11.1. The smallest absolute Gasteiger partial charge is 0.326 e. The second kappa shape index (κ2) is 7.19. The number of halogens is 4. The molecule has 0 saturated heterocycles. The Hall–Kier alpha value is -1.19. The van der Waals surface area contributed by atoms with Gasteiger partial charge in [0.15, 0.2) is 0 Å². The van der Waals surface area contributed by atoms with Crippen molar-refractivity contribution in [2.75, 3.05) is 6.54 Å². The summed E-state index contributed by atoms with van der Waals surface area (Å²) < 4.78 is 75.1. The van der Waals surface area contributed by atoms with Gasteiger partial charge in [0.2, 0.25) is 10.0 Å². The molecule has 0 spiro atoms. The second-order valence-electron chi connectivity index (χ2n) is 4.44. The molecule has 9 heteroatoms. The lowest BCUT2D eigenvalue weighted by molar-refractivity contribution is -0.135.